The molecule has 22 rings (SSSR count). The van der Waals surface area contributed by atoms with Crippen LogP contribution in [0.3, 0.4) is 0 Å². The van der Waals surface area contributed by atoms with Gasteiger partial charge in [-0.15, -0.1) is 0 Å². The first-order valence-electron chi connectivity index (χ1n) is 37.4. The summed E-state index contributed by atoms with van der Waals surface area (Å²) in [5.74, 6) is 0. The van der Waals surface area contributed by atoms with Gasteiger partial charge >= 0.3 is 0 Å². The molecule has 0 N–H and O–H groups in total. The summed E-state index contributed by atoms with van der Waals surface area (Å²) >= 11 is 0. The van der Waals surface area contributed by atoms with Crippen LogP contribution in [0.2, 0.25) is 0 Å². The van der Waals surface area contributed by atoms with E-state index in [9.17, 15) is 0 Å². The Morgan fingerprint density at radius 2 is 0.495 bits per heavy atom. The minimum atomic E-state index is -0.807. The minimum absolute atomic E-state index is 0.612. The average Bonchev–Trinajstić information content (AvgIpc) is 1.64. The summed E-state index contributed by atoms with van der Waals surface area (Å²) in [6.07, 6.45) is 0. The predicted octanol–water partition coefficient (Wildman–Crippen LogP) is 26.8. The Labute approximate surface area is 623 Å². The third kappa shape index (κ3) is 8.35. The third-order valence-corrected chi connectivity index (χ3v) is 24.2. The van der Waals surface area contributed by atoms with E-state index in [1.807, 2.05) is 0 Å². The molecule has 0 fully saturated rings. The highest BCUT2D eigenvalue weighted by Crippen LogP contribution is 2.68. The van der Waals surface area contributed by atoms with Crippen LogP contribution in [-0.4, -0.2) is 0 Å². The van der Waals surface area contributed by atoms with Crippen LogP contribution in [-0.2, 0) is 16.2 Å². The lowest BCUT2D eigenvalue weighted by atomic mass is 9.60. The number of benzene rings is 18. The van der Waals surface area contributed by atoms with E-state index in [-0.39, 0.29) is 0 Å². The maximum atomic E-state index is 2.60. The van der Waals surface area contributed by atoms with Crippen molar-refractivity contribution < 1.29 is 0 Å². The quantitative estimate of drug-likeness (QED) is 0.133. The molecule has 2 nitrogen and oxygen atoms in total. The molecular formula is C105H68N2. The molecule has 0 unspecified atom stereocenters. The van der Waals surface area contributed by atoms with Crippen molar-refractivity contribution in [2.75, 3.05) is 9.80 Å². The maximum Gasteiger partial charge on any atom is 0.0748 e. The smallest absolute Gasteiger partial charge is 0.0748 e. The fourth-order valence-corrected chi connectivity index (χ4v) is 20.3. The van der Waals surface area contributed by atoms with Crippen LogP contribution in [0, 0.1) is 0 Å². The number of hydrogen-bond acceptors (Lipinski definition) is 2. The van der Waals surface area contributed by atoms with Crippen LogP contribution in [0.4, 0.5) is 34.1 Å². The van der Waals surface area contributed by atoms with E-state index in [0.29, 0.717) is 0 Å². The van der Waals surface area contributed by atoms with Gasteiger partial charge < -0.3 is 9.80 Å². The highest BCUT2D eigenvalue weighted by Gasteiger charge is 2.54. The first-order valence-corrected chi connectivity index (χ1v) is 37.4. The number of para-hydroxylation sites is 4. The molecule has 498 valence electrons. The third-order valence-electron chi connectivity index (χ3n) is 24.2. The zero-order chi connectivity index (χ0) is 70.4. The molecule has 2 aliphatic carbocycles. The van der Waals surface area contributed by atoms with E-state index < -0.39 is 16.2 Å². The van der Waals surface area contributed by atoms with Gasteiger partial charge in [-0.2, -0.15) is 0 Å². The minimum Gasteiger partial charge on any atom is -0.310 e. The van der Waals surface area contributed by atoms with Crippen molar-refractivity contribution in [3.8, 4) is 55.6 Å². The second kappa shape index (κ2) is 23.7. The summed E-state index contributed by atoms with van der Waals surface area (Å²) < 4.78 is 0. The van der Waals surface area contributed by atoms with Crippen molar-refractivity contribution in [1.82, 2.24) is 0 Å². The Morgan fingerprint density at radius 3 is 0.972 bits per heavy atom. The topological polar surface area (TPSA) is 6.48 Å². The van der Waals surface area contributed by atoms with Crippen LogP contribution in [0.5, 0.6) is 0 Å². The van der Waals surface area contributed by atoms with Gasteiger partial charge in [0.05, 0.1) is 39.0 Å². The highest BCUT2D eigenvalue weighted by atomic mass is 15.2. The van der Waals surface area contributed by atoms with Gasteiger partial charge in [0.25, 0.3) is 0 Å². The summed E-state index contributed by atoms with van der Waals surface area (Å²) in [4.78, 5) is 5.04. The lowest BCUT2D eigenvalue weighted by Gasteiger charge is -2.47. The van der Waals surface area contributed by atoms with Gasteiger partial charge in [-0.1, -0.05) is 358 Å². The second-order valence-corrected chi connectivity index (χ2v) is 29.1. The number of nitrogens with zero attached hydrogens (tertiary/aromatic N) is 2. The van der Waals surface area contributed by atoms with Gasteiger partial charge in [0.1, 0.15) is 0 Å². The Hall–Kier alpha value is -13.7. The molecule has 4 aliphatic rings. The number of hydrogen-bond donors (Lipinski definition) is 0. The van der Waals surface area contributed by atoms with Crippen molar-refractivity contribution in [3.05, 3.63) is 479 Å². The molecule has 0 amide bonds. The Morgan fingerprint density at radius 1 is 0.168 bits per heavy atom. The summed E-state index contributed by atoms with van der Waals surface area (Å²) in [5, 5.41) is 7.14. The average molecular weight is 1360 g/mol. The van der Waals surface area contributed by atoms with Crippen LogP contribution >= 0.6 is 0 Å². The fraction of sp³-hybridized carbons (Fsp3) is 0.0286. The van der Waals surface area contributed by atoms with Crippen molar-refractivity contribution in [2.24, 2.45) is 0 Å². The molecule has 2 heteroatoms. The van der Waals surface area contributed by atoms with Crippen molar-refractivity contribution in [2.45, 2.75) is 16.2 Å². The molecule has 0 radical (unpaired) electrons. The van der Waals surface area contributed by atoms with Gasteiger partial charge in [0.15, 0.2) is 0 Å². The van der Waals surface area contributed by atoms with Gasteiger partial charge in [0.2, 0.25) is 0 Å². The first-order chi connectivity index (χ1) is 53.2. The number of anilines is 6. The molecule has 0 atom stereocenters. The predicted molar refractivity (Wildman–Crippen MR) is 445 cm³/mol. The van der Waals surface area contributed by atoms with E-state index in [1.54, 1.807) is 0 Å². The molecule has 18 aromatic carbocycles. The molecule has 0 bridgehead atoms. The summed E-state index contributed by atoms with van der Waals surface area (Å²) in [7, 11) is 0. The molecule has 2 heterocycles. The number of rotatable bonds is 9. The molecule has 0 aromatic heterocycles. The molecule has 1 spiro atoms. The summed E-state index contributed by atoms with van der Waals surface area (Å²) in [5.41, 5.74) is 31.6. The van der Waals surface area contributed by atoms with Gasteiger partial charge in [-0.3, -0.25) is 0 Å². The highest BCUT2D eigenvalue weighted by molar-refractivity contribution is 6.23. The summed E-state index contributed by atoms with van der Waals surface area (Å²) in [6.45, 7) is 0. The zero-order valence-electron chi connectivity index (χ0n) is 58.7. The van der Waals surface area contributed by atoms with Crippen LogP contribution in [0.15, 0.2) is 413 Å². The normalized spacial score (nSPS) is 14.2. The Kier molecular flexibility index (Phi) is 13.5. The van der Waals surface area contributed by atoms with Gasteiger partial charge in [-0.05, 0) is 198 Å². The Balaban J connectivity index is 0.923. The molecule has 0 saturated carbocycles. The van der Waals surface area contributed by atoms with Crippen molar-refractivity contribution >= 4 is 66.4 Å². The summed E-state index contributed by atoms with van der Waals surface area (Å²) in [6, 6.07) is 157. The fourth-order valence-electron chi connectivity index (χ4n) is 20.3. The van der Waals surface area contributed by atoms with Crippen LogP contribution < -0.4 is 9.80 Å². The maximum absolute atomic E-state index is 2.60. The standard InChI is InChI=1S/C105H68N2/c1-7-35-70(36-8-1)103(71-37-9-2-10-38-71)90-59-25-27-62-94(90)106(74-43-15-5-16-44-74)96-64-32-54-83(101(96)103)77-50-29-52-81-86(77)68-87-78(84-55-33-65-97-102(84)104(72-39-11-3-12-40-72,73-41-13-4-14-42-73)91-60-26-28-63-95(91)107(97)75-45-17-6-18-46-75)51-30-53-82(87)98(81)85-56-31-61-92-100(85)99-76-47-20-19-34-69(76)66-67-93(99)105(92)88-57-23-21-48-79(88)80-49-22-24-58-89(80)105/h1-68H. The molecule has 2 aliphatic heterocycles. The van der Waals surface area contributed by atoms with Crippen LogP contribution in [0.1, 0.15) is 66.8 Å². The zero-order valence-corrected chi connectivity index (χ0v) is 58.7. The first kappa shape index (κ1) is 60.9. The van der Waals surface area contributed by atoms with Gasteiger partial charge in [-0.25, -0.2) is 0 Å². The SMILES string of the molecule is c1ccc(N2c3ccccc3C(c3ccccc3)(c3ccccc3)c3c(-c4cccc5c(-c6cccc7c6-c6c(ccc8ccccc68)C76c7ccccc7-c7ccccc76)c6cccc(-c7cccc8c7C(c7ccccc7)(c7ccccc7)c7ccccc7N8c7ccccc7)c6cc45)cccc32)cc1. The van der Waals surface area contributed by atoms with Crippen LogP contribution in [0.25, 0.3) is 88.0 Å². The van der Waals surface area contributed by atoms with E-state index in [2.05, 4.69) is 422 Å². The molecule has 107 heavy (non-hydrogen) atoms. The Bertz CT molecular complexity index is 6210. The van der Waals surface area contributed by atoms with Gasteiger partial charge in [0, 0.05) is 22.5 Å². The molecular weight excluding hydrogens is 1290 g/mol. The van der Waals surface area contributed by atoms with E-state index >= 15 is 0 Å². The molecule has 0 saturated heterocycles. The largest absolute Gasteiger partial charge is 0.310 e. The second-order valence-electron chi connectivity index (χ2n) is 29.1. The monoisotopic (exact) mass is 1360 g/mol. The van der Waals surface area contributed by atoms with E-state index in [1.165, 1.54) is 122 Å². The lowest BCUT2D eigenvalue weighted by molar-refractivity contribution is 0.733. The van der Waals surface area contributed by atoms with Crippen molar-refractivity contribution in [3.63, 3.8) is 0 Å². The lowest BCUT2D eigenvalue weighted by Crippen LogP contribution is -2.38. The van der Waals surface area contributed by atoms with E-state index in [4.69, 9.17) is 0 Å². The van der Waals surface area contributed by atoms with E-state index in [0.717, 1.165) is 67.2 Å². The van der Waals surface area contributed by atoms with Crippen molar-refractivity contribution in [1.29, 1.82) is 0 Å². The molecule has 18 aromatic rings. The number of fused-ring (bicyclic) bond motifs is 18.